The number of halogens is 1. The molecule has 0 saturated carbocycles. The lowest BCUT2D eigenvalue weighted by Gasteiger charge is -2.35. The Bertz CT molecular complexity index is 1070. The lowest BCUT2D eigenvalue weighted by atomic mass is 10.1. The van der Waals surface area contributed by atoms with Crippen LogP contribution in [-0.2, 0) is 6.42 Å². The third kappa shape index (κ3) is 11.3. The molecule has 0 spiro atoms. The average Bonchev–Trinajstić information content (AvgIpc) is 2.94. The Hall–Kier alpha value is -2.74. The SMILES string of the molecule is CCc1ccc(C(N)P)cc1.Clc1ccccc1.O=NCN1CCN(c2ccc(OCCO)cc2O)CC1. The fourth-order valence-corrected chi connectivity index (χ4v) is 3.99. The Kier molecular flexibility index (Phi) is 14.7. The molecular formula is C28H38ClN4O4P. The maximum absolute atomic E-state index is 10.2. The number of phenolic OH excluding ortho intramolecular Hbond substituents is 1. The largest absolute Gasteiger partial charge is 0.506 e. The molecule has 2 atom stereocenters. The van der Waals surface area contributed by atoms with E-state index in [-0.39, 0.29) is 31.4 Å². The summed E-state index contributed by atoms with van der Waals surface area (Å²) in [6.45, 7) is 5.47. The number of anilines is 1. The standard InChI is InChI=1S/C13H19N3O4.C9H14NP.C6H5Cl/c17-7-8-20-11-1-2-12(13(18)9-11)16-5-3-15(4-6-16)10-14-19;1-2-7-3-5-8(6-4-7)9(10)11;7-6-4-2-1-3-5-6/h1-2,9,17-18H,3-8,10H2;3-6,9H,2,10-11H2,1H3;1-5H. The molecule has 0 aliphatic carbocycles. The van der Waals surface area contributed by atoms with Crippen molar-refractivity contribution in [1.29, 1.82) is 0 Å². The zero-order chi connectivity index (χ0) is 27.8. The Morgan fingerprint density at radius 1 is 1.05 bits per heavy atom. The van der Waals surface area contributed by atoms with Gasteiger partial charge in [-0.05, 0) is 41.8 Å². The maximum Gasteiger partial charge on any atom is 0.142 e. The highest BCUT2D eigenvalue weighted by Gasteiger charge is 2.19. The minimum atomic E-state index is -0.0603. The second kappa shape index (κ2) is 17.7. The molecule has 38 heavy (non-hydrogen) atoms. The van der Waals surface area contributed by atoms with Gasteiger partial charge < -0.3 is 25.6 Å². The van der Waals surface area contributed by atoms with Crippen molar-refractivity contribution in [1.82, 2.24) is 4.90 Å². The first-order chi connectivity index (χ1) is 18.4. The summed E-state index contributed by atoms with van der Waals surface area (Å²) in [6.07, 6.45) is 1.09. The van der Waals surface area contributed by atoms with Gasteiger partial charge in [0.15, 0.2) is 0 Å². The van der Waals surface area contributed by atoms with Crippen LogP contribution in [0.15, 0.2) is 78.0 Å². The number of hydrogen-bond donors (Lipinski definition) is 3. The van der Waals surface area contributed by atoms with E-state index in [1.165, 1.54) is 11.1 Å². The van der Waals surface area contributed by atoms with Crippen molar-refractivity contribution < 1.29 is 14.9 Å². The molecule has 0 amide bonds. The van der Waals surface area contributed by atoms with Gasteiger partial charge in [0.1, 0.15) is 24.8 Å². The van der Waals surface area contributed by atoms with Crippen LogP contribution in [0.5, 0.6) is 11.5 Å². The monoisotopic (exact) mass is 560 g/mol. The van der Waals surface area contributed by atoms with E-state index in [0.29, 0.717) is 5.75 Å². The second-order valence-corrected chi connectivity index (χ2v) is 9.67. The molecule has 4 rings (SSSR count). The highest BCUT2D eigenvalue weighted by molar-refractivity contribution is 7.17. The van der Waals surface area contributed by atoms with Crippen molar-refractivity contribution in [2.45, 2.75) is 19.1 Å². The highest BCUT2D eigenvalue weighted by atomic mass is 35.5. The number of aliphatic hydroxyl groups excluding tert-OH is 1. The number of aryl methyl sites for hydroxylation is 1. The number of aromatic hydroxyl groups is 1. The third-order valence-electron chi connectivity index (χ3n) is 5.78. The minimum absolute atomic E-state index is 0.0603. The summed E-state index contributed by atoms with van der Waals surface area (Å²) in [5, 5.41) is 22.4. The van der Waals surface area contributed by atoms with Gasteiger partial charge >= 0.3 is 0 Å². The van der Waals surface area contributed by atoms with Crippen molar-refractivity contribution in [2.75, 3.05) is 51.0 Å². The van der Waals surface area contributed by atoms with E-state index in [0.717, 1.165) is 43.3 Å². The molecule has 4 N–H and O–H groups in total. The Morgan fingerprint density at radius 2 is 1.71 bits per heavy atom. The molecule has 1 heterocycles. The van der Waals surface area contributed by atoms with E-state index in [2.05, 4.69) is 50.5 Å². The van der Waals surface area contributed by atoms with Crippen LogP contribution >= 0.6 is 20.8 Å². The van der Waals surface area contributed by atoms with Gasteiger partial charge in [-0.25, -0.2) is 0 Å². The summed E-state index contributed by atoms with van der Waals surface area (Å²) in [6, 6.07) is 23.0. The number of hydrogen-bond acceptors (Lipinski definition) is 8. The van der Waals surface area contributed by atoms with E-state index in [1.807, 2.05) is 35.2 Å². The van der Waals surface area contributed by atoms with E-state index in [9.17, 15) is 10.0 Å². The predicted octanol–water partition coefficient (Wildman–Crippen LogP) is 5.03. The average molecular weight is 561 g/mol. The molecule has 3 aromatic carbocycles. The molecule has 2 unspecified atom stereocenters. The molecular weight excluding hydrogens is 523 g/mol. The number of aliphatic hydroxyl groups is 1. The Labute approximate surface area is 232 Å². The van der Waals surface area contributed by atoms with Crippen LogP contribution in [0.4, 0.5) is 5.69 Å². The van der Waals surface area contributed by atoms with E-state index < -0.39 is 0 Å². The molecule has 8 nitrogen and oxygen atoms in total. The molecule has 0 bridgehead atoms. The predicted molar refractivity (Wildman–Crippen MR) is 159 cm³/mol. The van der Waals surface area contributed by atoms with Gasteiger partial charge in [0, 0.05) is 43.1 Å². The summed E-state index contributed by atoms with van der Waals surface area (Å²) in [7, 11) is 2.58. The second-order valence-electron chi connectivity index (χ2n) is 8.51. The summed E-state index contributed by atoms with van der Waals surface area (Å²) in [5.74, 6) is 0.757. The maximum atomic E-state index is 10.2. The van der Waals surface area contributed by atoms with Crippen LogP contribution < -0.4 is 15.4 Å². The van der Waals surface area contributed by atoms with E-state index in [1.54, 1.807) is 18.2 Å². The molecule has 1 aliphatic rings. The zero-order valence-electron chi connectivity index (χ0n) is 21.7. The first-order valence-electron chi connectivity index (χ1n) is 12.5. The quantitative estimate of drug-likeness (QED) is 0.262. The summed E-state index contributed by atoms with van der Waals surface area (Å²) in [5.41, 5.74) is 8.95. The lowest BCUT2D eigenvalue weighted by Crippen LogP contribution is -2.46. The van der Waals surface area contributed by atoms with Gasteiger partial charge in [0.05, 0.1) is 12.3 Å². The van der Waals surface area contributed by atoms with Crippen LogP contribution in [0.1, 0.15) is 23.8 Å². The highest BCUT2D eigenvalue weighted by Crippen LogP contribution is 2.31. The van der Waals surface area contributed by atoms with Crippen LogP contribution in [0, 0.1) is 4.91 Å². The number of phenols is 1. The van der Waals surface area contributed by atoms with Crippen molar-refractivity contribution in [3.8, 4) is 11.5 Å². The van der Waals surface area contributed by atoms with Gasteiger partial charge in [-0.15, -0.1) is 14.1 Å². The van der Waals surface area contributed by atoms with Crippen molar-refractivity contribution in [3.63, 3.8) is 0 Å². The van der Waals surface area contributed by atoms with Gasteiger partial charge in [0.25, 0.3) is 0 Å². The third-order valence-corrected chi connectivity index (χ3v) is 6.42. The molecule has 10 heteroatoms. The molecule has 3 aromatic rings. The molecule has 0 aromatic heterocycles. The summed E-state index contributed by atoms with van der Waals surface area (Å²) in [4.78, 5) is 14.3. The van der Waals surface area contributed by atoms with Crippen LogP contribution in [0.25, 0.3) is 0 Å². The van der Waals surface area contributed by atoms with Gasteiger partial charge in [0.2, 0.25) is 0 Å². The first-order valence-corrected chi connectivity index (χ1v) is 13.6. The number of rotatable bonds is 8. The fraction of sp³-hybridized carbons (Fsp3) is 0.357. The number of piperazine rings is 1. The fourth-order valence-electron chi connectivity index (χ4n) is 3.63. The van der Waals surface area contributed by atoms with E-state index in [4.69, 9.17) is 27.2 Å². The number of benzene rings is 3. The zero-order valence-corrected chi connectivity index (χ0v) is 23.7. The van der Waals surface area contributed by atoms with E-state index >= 15 is 0 Å². The number of ether oxygens (including phenoxy) is 1. The normalized spacial score (nSPS) is 13.9. The summed E-state index contributed by atoms with van der Waals surface area (Å²) < 4.78 is 5.24. The van der Waals surface area contributed by atoms with Crippen LogP contribution in [-0.4, -0.2) is 61.2 Å². The van der Waals surface area contributed by atoms with Crippen molar-refractivity contribution in [3.05, 3.63) is 93.9 Å². The number of nitroso groups, excluding NO2 is 1. The lowest BCUT2D eigenvalue weighted by molar-refractivity contribution is 0.201. The number of nitrogens with zero attached hydrogens (tertiary/aromatic N) is 3. The minimum Gasteiger partial charge on any atom is -0.506 e. The molecule has 1 aliphatic heterocycles. The van der Waals surface area contributed by atoms with Gasteiger partial charge in [-0.2, -0.15) is 0 Å². The Morgan fingerprint density at radius 3 is 2.18 bits per heavy atom. The molecule has 206 valence electrons. The van der Waals surface area contributed by atoms with Gasteiger partial charge in [-0.1, -0.05) is 66.2 Å². The molecule has 1 saturated heterocycles. The van der Waals surface area contributed by atoms with Crippen molar-refractivity contribution in [2.24, 2.45) is 10.9 Å². The smallest absolute Gasteiger partial charge is 0.142 e. The number of nitrogens with two attached hydrogens (primary N) is 1. The van der Waals surface area contributed by atoms with Crippen molar-refractivity contribution >= 4 is 26.5 Å². The van der Waals surface area contributed by atoms with Crippen LogP contribution in [0.3, 0.4) is 0 Å². The Balaban J connectivity index is 0.000000234. The summed E-state index contributed by atoms with van der Waals surface area (Å²) >= 11 is 5.54. The van der Waals surface area contributed by atoms with Crippen LogP contribution in [0.2, 0.25) is 5.02 Å². The molecule has 1 fully saturated rings. The molecule has 0 radical (unpaired) electrons. The topological polar surface area (TPSA) is 112 Å². The van der Waals surface area contributed by atoms with Gasteiger partial charge in [-0.3, -0.25) is 4.90 Å². The first kappa shape index (κ1) is 31.5.